The number of hydrogen-bond acceptors (Lipinski definition) is 2. The molecule has 0 aliphatic carbocycles. The molecule has 0 aromatic heterocycles. The number of carbonyl (C=O) groups is 1. The van der Waals surface area contributed by atoms with Crippen LogP contribution in [-0.2, 0) is 4.79 Å². The summed E-state index contributed by atoms with van der Waals surface area (Å²) in [7, 11) is 0. The molecule has 0 unspecified atom stereocenters. The molecule has 2 aromatic carbocycles. The zero-order valence-electron chi connectivity index (χ0n) is 11.6. The molecule has 2 N–H and O–H groups in total. The zero-order valence-corrected chi connectivity index (χ0v) is 13.1. The van der Waals surface area contributed by atoms with E-state index in [-0.39, 0.29) is 5.91 Å². The summed E-state index contributed by atoms with van der Waals surface area (Å²) in [5.41, 5.74) is 2.28. The third kappa shape index (κ3) is 4.38. The maximum absolute atomic E-state index is 11.5. The molecule has 0 spiro atoms. The lowest BCUT2D eigenvalue weighted by atomic mass is 10.2. The van der Waals surface area contributed by atoms with E-state index in [2.05, 4.69) is 10.6 Å². The third-order valence-electron chi connectivity index (χ3n) is 2.88. The molecule has 0 heterocycles. The van der Waals surface area contributed by atoms with Gasteiger partial charge in [0.25, 0.3) is 0 Å². The van der Waals surface area contributed by atoms with Gasteiger partial charge < -0.3 is 10.6 Å². The molecular weight excluding hydrogens is 307 g/mol. The molecule has 2 rings (SSSR count). The molecule has 0 aliphatic heterocycles. The van der Waals surface area contributed by atoms with Gasteiger partial charge in [-0.05, 0) is 42.8 Å². The smallest absolute Gasteiger partial charge is 0.224 e. The van der Waals surface area contributed by atoms with Gasteiger partial charge in [-0.3, -0.25) is 4.79 Å². The SMILES string of the molecule is CCCC(=O)Nc1ccc(Nc2c(Cl)cccc2Cl)cc1. The van der Waals surface area contributed by atoms with E-state index in [1.807, 2.05) is 31.2 Å². The molecule has 110 valence electrons. The summed E-state index contributed by atoms with van der Waals surface area (Å²) in [6.07, 6.45) is 1.35. The Hall–Kier alpha value is -1.71. The molecule has 0 atom stereocenters. The minimum absolute atomic E-state index is 0.0207. The molecule has 0 bridgehead atoms. The van der Waals surface area contributed by atoms with Gasteiger partial charge in [0.1, 0.15) is 0 Å². The van der Waals surface area contributed by atoms with Crippen LogP contribution in [0.2, 0.25) is 10.0 Å². The van der Waals surface area contributed by atoms with Crippen molar-refractivity contribution in [2.24, 2.45) is 0 Å². The highest BCUT2D eigenvalue weighted by atomic mass is 35.5. The van der Waals surface area contributed by atoms with Crippen LogP contribution < -0.4 is 10.6 Å². The van der Waals surface area contributed by atoms with Crippen LogP contribution in [0.5, 0.6) is 0 Å². The van der Waals surface area contributed by atoms with Crippen molar-refractivity contribution >= 4 is 46.2 Å². The fourth-order valence-corrected chi connectivity index (χ4v) is 2.34. The zero-order chi connectivity index (χ0) is 15.2. The first-order valence-electron chi connectivity index (χ1n) is 6.71. The molecule has 2 aromatic rings. The van der Waals surface area contributed by atoms with Crippen molar-refractivity contribution in [3.8, 4) is 0 Å². The predicted octanol–water partition coefficient (Wildman–Crippen LogP) is 5.48. The van der Waals surface area contributed by atoms with Crippen molar-refractivity contribution in [3.05, 3.63) is 52.5 Å². The van der Waals surface area contributed by atoms with Gasteiger partial charge in [0.15, 0.2) is 0 Å². The predicted molar refractivity (Wildman–Crippen MR) is 89.7 cm³/mol. The minimum Gasteiger partial charge on any atom is -0.353 e. The highest BCUT2D eigenvalue weighted by Gasteiger charge is 2.06. The van der Waals surface area contributed by atoms with E-state index in [1.54, 1.807) is 18.2 Å². The second-order valence-corrected chi connectivity index (χ2v) is 5.41. The number of anilines is 3. The van der Waals surface area contributed by atoms with Gasteiger partial charge in [-0.15, -0.1) is 0 Å². The van der Waals surface area contributed by atoms with E-state index in [0.29, 0.717) is 22.2 Å². The van der Waals surface area contributed by atoms with E-state index in [9.17, 15) is 4.79 Å². The van der Waals surface area contributed by atoms with Gasteiger partial charge >= 0.3 is 0 Å². The normalized spacial score (nSPS) is 10.2. The second kappa shape index (κ2) is 7.34. The Morgan fingerprint density at radius 2 is 1.57 bits per heavy atom. The summed E-state index contributed by atoms with van der Waals surface area (Å²) >= 11 is 12.2. The quantitative estimate of drug-likeness (QED) is 0.765. The number of carbonyl (C=O) groups excluding carboxylic acids is 1. The summed E-state index contributed by atoms with van der Waals surface area (Å²) in [4.78, 5) is 11.5. The third-order valence-corrected chi connectivity index (χ3v) is 3.51. The number of benzene rings is 2. The molecule has 0 saturated heterocycles. The van der Waals surface area contributed by atoms with Crippen LogP contribution in [0.1, 0.15) is 19.8 Å². The fraction of sp³-hybridized carbons (Fsp3) is 0.188. The van der Waals surface area contributed by atoms with Crippen LogP contribution >= 0.6 is 23.2 Å². The van der Waals surface area contributed by atoms with E-state index < -0.39 is 0 Å². The first kappa shape index (κ1) is 15.7. The van der Waals surface area contributed by atoms with Crippen LogP contribution in [-0.4, -0.2) is 5.91 Å². The fourth-order valence-electron chi connectivity index (χ4n) is 1.85. The van der Waals surface area contributed by atoms with E-state index in [0.717, 1.165) is 17.8 Å². The number of halogens is 2. The van der Waals surface area contributed by atoms with E-state index in [4.69, 9.17) is 23.2 Å². The van der Waals surface area contributed by atoms with Crippen LogP contribution in [0.25, 0.3) is 0 Å². The molecule has 0 fully saturated rings. The van der Waals surface area contributed by atoms with E-state index in [1.165, 1.54) is 0 Å². The molecule has 5 heteroatoms. The Bertz CT molecular complexity index is 606. The Balaban J connectivity index is 2.07. The highest BCUT2D eigenvalue weighted by molar-refractivity contribution is 6.39. The standard InChI is InChI=1S/C16H16Cl2N2O/c1-2-4-15(21)19-11-7-9-12(10-8-11)20-16-13(17)5-3-6-14(16)18/h3,5-10,20H,2,4H2,1H3,(H,19,21). The van der Waals surface area contributed by atoms with Crippen molar-refractivity contribution in [1.29, 1.82) is 0 Å². The van der Waals surface area contributed by atoms with Gasteiger partial charge in [-0.1, -0.05) is 36.2 Å². The molecule has 21 heavy (non-hydrogen) atoms. The molecule has 3 nitrogen and oxygen atoms in total. The Morgan fingerprint density at radius 1 is 1.00 bits per heavy atom. The first-order valence-corrected chi connectivity index (χ1v) is 7.46. The summed E-state index contributed by atoms with van der Waals surface area (Å²) in [5.74, 6) is 0.0207. The lowest BCUT2D eigenvalue weighted by Gasteiger charge is -2.11. The lowest BCUT2D eigenvalue weighted by Crippen LogP contribution is -2.10. The topological polar surface area (TPSA) is 41.1 Å². The van der Waals surface area contributed by atoms with E-state index >= 15 is 0 Å². The largest absolute Gasteiger partial charge is 0.353 e. The highest BCUT2D eigenvalue weighted by Crippen LogP contribution is 2.32. The summed E-state index contributed by atoms with van der Waals surface area (Å²) in [6, 6.07) is 12.7. The van der Waals surface area contributed by atoms with Gasteiger partial charge in [0.2, 0.25) is 5.91 Å². The molecule has 0 radical (unpaired) electrons. The minimum atomic E-state index is 0.0207. The summed E-state index contributed by atoms with van der Waals surface area (Å²) in [6.45, 7) is 1.97. The first-order chi connectivity index (χ1) is 10.1. The van der Waals surface area contributed by atoms with Gasteiger partial charge in [0, 0.05) is 17.8 Å². The summed E-state index contributed by atoms with van der Waals surface area (Å²) < 4.78 is 0. The number of nitrogens with one attached hydrogen (secondary N) is 2. The van der Waals surface area contributed by atoms with Crippen LogP contribution in [0.15, 0.2) is 42.5 Å². The van der Waals surface area contributed by atoms with Gasteiger partial charge in [0.05, 0.1) is 15.7 Å². The Labute approximate surface area is 134 Å². The van der Waals surface area contributed by atoms with Crippen molar-refractivity contribution in [3.63, 3.8) is 0 Å². The molecule has 0 saturated carbocycles. The number of rotatable bonds is 5. The van der Waals surface area contributed by atoms with Crippen LogP contribution in [0, 0.1) is 0 Å². The summed E-state index contributed by atoms with van der Waals surface area (Å²) in [5, 5.41) is 7.12. The van der Waals surface area contributed by atoms with Crippen LogP contribution in [0.4, 0.5) is 17.1 Å². The van der Waals surface area contributed by atoms with Crippen molar-refractivity contribution in [1.82, 2.24) is 0 Å². The average molecular weight is 323 g/mol. The molecular formula is C16H16Cl2N2O. The van der Waals surface area contributed by atoms with Crippen molar-refractivity contribution < 1.29 is 4.79 Å². The molecule has 0 aliphatic rings. The Kier molecular flexibility index (Phi) is 5.48. The number of amides is 1. The van der Waals surface area contributed by atoms with Crippen molar-refractivity contribution in [2.45, 2.75) is 19.8 Å². The second-order valence-electron chi connectivity index (χ2n) is 4.60. The van der Waals surface area contributed by atoms with Crippen LogP contribution in [0.3, 0.4) is 0 Å². The van der Waals surface area contributed by atoms with Gasteiger partial charge in [-0.2, -0.15) is 0 Å². The Morgan fingerprint density at radius 3 is 2.14 bits per heavy atom. The average Bonchev–Trinajstić information content (AvgIpc) is 2.45. The maximum Gasteiger partial charge on any atom is 0.224 e. The monoisotopic (exact) mass is 322 g/mol. The molecule has 1 amide bonds. The lowest BCUT2D eigenvalue weighted by molar-refractivity contribution is -0.116. The maximum atomic E-state index is 11.5. The van der Waals surface area contributed by atoms with Gasteiger partial charge in [-0.25, -0.2) is 0 Å². The van der Waals surface area contributed by atoms with Crippen molar-refractivity contribution in [2.75, 3.05) is 10.6 Å². The number of hydrogen-bond donors (Lipinski definition) is 2. The number of para-hydroxylation sites is 1.